The lowest BCUT2D eigenvalue weighted by Gasteiger charge is -2.36. The highest BCUT2D eigenvalue weighted by Crippen LogP contribution is 2.35. The first-order valence-corrected chi connectivity index (χ1v) is 6.65. The Morgan fingerprint density at radius 2 is 1.94 bits per heavy atom. The zero-order valence-corrected chi connectivity index (χ0v) is 11.7. The Bertz CT molecular complexity index is 265. The van der Waals surface area contributed by atoms with Gasteiger partial charge in [0.1, 0.15) is 6.10 Å². The van der Waals surface area contributed by atoms with Gasteiger partial charge in [-0.05, 0) is 50.9 Å². The molecule has 0 spiro atoms. The fourth-order valence-electron chi connectivity index (χ4n) is 2.36. The van der Waals surface area contributed by atoms with E-state index in [1.54, 1.807) is 0 Å². The average molecular weight is 242 g/mol. The van der Waals surface area contributed by atoms with Crippen LogP contribution in [0.25, 0.3) is 0 Å². The molecule has 0 amide bonds. The molecule has 1 aliphatic carbocycles. The fraction of sp³-hybridized carbons (Fsp3) is 0.929. The van der Waals surface area contributed by atoms with Crippen molar-refractivity contribution in [1.29, 1.82) is 0 Å². The summed E-state index contributed by atoms with van der Waals surface area (Å²) in [7, 11) is 0. The summed E-state index contributed by atoms with van der Waals surface area (Å²) in [4.78, 5) is 11.7. The van der Waals surface area contributed by atoms with Crippen LogP contribution in [0.1, 0.15) is 53.9 Å². The van der Waals surface area contributed by atoms with Crippen LogP contribution < -0.4 is 0 Å². The van der Waals surface area contributed by atoms with Crippen molar-refractivity contribution in [3.63, 3.8) is 0 Å². The molecule has 3 atom stereocenters. The van der Waals surface area contributed by atoms with Crippen LogP contribution in [0.4, 0.5) is 0 Å². The van der Waals surface area contributed by atoms with E-state index in [9.17, 15) is 9.90 Å². The molecular weight excluding hydrogens is 216 g/mol. The molecule has 1 N–H and O–H groups in total. The minimum absolute atomic E-state index is 0.0323. The number of hydrogen-bond donors (Lipinski definition) is 1. The number of carbonyl (C=O) groups excluding carboxylic acids is 1. The summed E-state index contributed by atoms with van der Waals surface area (Å²) in [5.41, 5.74) is -1.38. The smallest absolute Gasteiger partial charge is 0.337 e. The molecule has 17 heavy (non-hydrogen) atoms. The number of hydrogen-bond acceptors (Lipinski definition) is 3. The van der Waals surface area contributed by atoms with Gasteiger partial charge in [0, 0.05) is 0 Å². The molecule has 1 rings (SSSR count). The Morgan fingerprint density at radius 1 is 1.35 bits per heavy atom. The van der Waals surface area contributed by atoms with E-state index in [1.807, 2.05) is 0 Å². The molecule has 3 nitrogen and oxygen atoms in total. The first kappa shape index (κ1) is 14.5. The van der Waals surface area contributed by atoms with E-state index in [1.165, 1.54) is 20.3 Å². The van der Waals surface area contributed by atoms with Crippen LogP contribution in [-0.2, 0) is 9.53 Å². The summed E-state index contributed by atoms with van der Waals surface area (Å²) in [5, 5.41) is 9.60. The van der Waals surface area contributed by atoms with E-state index in [4.69, 9.17) is 4.74 Å². The second-order valence-electron chi connectivity index (χ2n) is 6.30. The predicted octanol–water partition coefficient (Wildman–Crippen LogP) is 2.76. The fourth-order valence-corrected chi connectivity index (χ4v) is 2.36. The van der Waals surface area contributed by atoms with E-state index in [0.29, 0.717) is 17.8 Å². The van der Waals surface area contributed by atoms with Gasteiger partial charge in [-0.1, -0.05) is 20.8 Å². The second kappa shape index (κ2) is 5.38. The van der Waals surface area contributed by atoms with Gasteiger partial charge in [0.25, 0.3) is 0 Å². The van der Waals surface area contributed by atoms with Crippen LogP contribution in [0, 0.1) is 17.8 Å². The molecule has 1 saturated carbocycles. The molecule has 0 saturated heterocycles. The van der Waals surface area contributed by atoms with Crippen LogP contribution in [0.2, 0.25) is 0 Å². The maximum atomic E-state index is 11.7. The molecule has 0 heterocycles. The minimum Gasteiger partial charge on any atom is -0.460 e. The highest BCUT2D eigenvalue weighted by molar-refractivity contribution is 5.78. The minimum atomic E-state index is -1.38. The number of rotatable bonds is 3. The molecule has 0 aromatic carbocycles. The first-order valence-electron chi connectivity index (χ1n) is 6.65. The average Bonchev–Trinajstić information content (AvgIpc) is 2.19. The molecule has 0 bridgehead atoms. The van der Waals surface area contributed by atoms with Gasteiger partial charge in [-0.25, -0.2) is 4.79 Å². The summed E-state index contributed by atoms with van der Waals surface area (Å²) in [5.74, 6) is 1.16. The number of carbonyl (C=O) groups is 1. The van der Waals surface area contributed by atoms with Crippen molar-refractivity contribution in [3.8, 4) is 0 Å². The predicted molar refractivity (Wildman–Crippen MR) is 67.5 cm³/mol. The van der Waals surface area contributed by atoms with Crippen LogP contribution in [0.3, 0.4) is 0 Å². The monoisotopic (exact) mass is 242 g/mol. The Labute approximate surface area is 105 Å². The quantitative estimate of drug-likeness (QED) is 0.774. The molecule has 3 unspecified atom stereocenters. The summed E-state index contributed by atoms with van der Waals surface area (Å²) in [6.07, 6.45) is 3.22. The molecular formula is C14H26O3. The van der Waals surface area contributed by atoms with Crippen LogP contribution in [0.15, 0.2) is 0 Å². The van der Waals surface area contributed by atoms with Gasteiger partial charge >= 0.3 is 5.97 Å². The molecule has 100 valence electrons. The topological polar surface area (TPSA) is 46.5 Å². The molecule has 1 fully saturated rings. The van der Waals surface area contributed by atoms with E-state index < -0.39 is 11.6 Å². The Hall–Kier alpha value is -0.570. The lowest BCUT2D eigenvalue weighted by atomic mass is 9.76. The third-order valence-electron chi connectivity index (χ3n) is 3.86. The summed E-state index contributed by atoms with van der Waals surface area (Å²) < 4.78 is 5.46. The normalized spacial score (nSPS) is 30.4. The lowest BCUT2D eigenvalue weighted by molar-refractivity contribution is -0.173. The van der Waals surface area contributed by atoms with Crippen molar-refractivity contribution in [1.82, 2.24) is 0 Å². The van der Waals surface area contributed by atoms with Crippen molar-refractivity contribution in [2.45, 2.75) is 65.6 Å². The number of esters is 1. The summed E-state index contributed by atoms with van der Waals surface area (Å²) in [6.45, 7) is 9.51. The van der Waals surface area contributed by atoms with Crippen LogP contribution in [0.5, 0.6) is 0 Å². The standard InChI is InChI=1S/C14H26O3/c1-9(2)11-7-6-10(3)12(8-11)17-13(15)14(4,5)16/h9-12,16H,6-8H2,1-5H3. The van der Waals surface area contributed by atoms with Crippen molar-refractivity contribution in [2.24, 2.45) is 17.8 Å². The van der Waals surface area contributed by atoms with Gasteiger partial charge < -0.3 is 9.84 Å². The van der Waals surface area contributed by atoms with Crippen molar-refractivity contribution in [3.05, 3.63) is 0 Å². The zero-order valence-electron chi connectivity index (χ0n) is 11.7. The van der Waals surface area contributed by atoms with Gasteiger partial charge in [-0.3, -0.25) is 0 Å². The lowest BCUT2D eigenvalue weighted by Crippen LogP contribution is -2.40. The Morgan fingerprint density at radius 3 is 2.41 bits per heavy atom. The van der Waals surface area contributed by atoms with Gasteiger partial charge in [-0.15, -0.1) is 0 Å². The third kappa shape index (κ3) is 3.98. The number of ether oxygens (including phenoxy) is 1. The van der Waals surface area contributed by atoms with E-state index in [2.05, 4.69) is 20.8 Å². The Kier molecular flexibility index (Phi) is 4.59. The molecule has 0 radical (unpaired) electrons. The molecule has 1 aliphatic rings. The first-order chi connectivity index (χ1) is 7.71. The largest absolute Gasteiger partial charge is 0.460 e. The highest BCUT2D eigenvalue weighted by Gasteiger charge is 2.35. The summed E-state index contributed by atoms with van der Waals surface area (Å²) in [6, 6.07) is 0. The zero-order chi connectivity index (χ0) is 13.2. The molecule has 0 aromatic rings. The number of aliphatic hydroxyl groups is 1. The SMILES string of the molecule is CC(C)C1CCC(C)C(OC(=O)C(C)(C)O)C1. The third-order valence-corrected chi connectivity index (χ3v) is 3.86. The van der Waals surface area contributed by atoms with E-state index in [-0.39, 0.29) is 6.10 Å². The highest BCUT2D eigenvalue weighted by atomic mass is 16.6. The van der Waals surface area contributed by atoms with Gasteiger partial charge in [0.05, 0.1) is 0 Å². The Balaban J connectivity index is 2.59. The van der Waals surface area contributed by atoms with E-state index >= 15 is 0 Å². The van der Waals surface area contributed by atoms with Crippen molar-refractivity contribution >= 4 is 5.97 Å². The van der Waals surface area contributed by atoms with Gasteiger partial charge in [0.2, 0.25) is 0 Å². The molecule has 0 aromatic heterocycles. The molecule has 3 heteroatoms. The van der Waals surface area contributed by atoms with Crippen LogP contribution in [-0.4, -0.2) is 22.8 Å². The van der Waals surface area contributed by atoms with Gasteiger partial charge in [0.15, 0.2) is 5.60 Å². The maximum Gasteiger partial charge on any atom is 0.337 e. The molecule has 0 aliphatic heterocycles. The maximum absolute atomic E-state index is 11.7. The van der Waals surface area contributed by atoms with E-state index in [0.717, 1.165) is 12.8 Å². The summed E-state index contributed by atoms with van der Waals surface area (Å²) >= 11 is 0. The second-order valence-corrected chi connectivity index (χ2v) is 6.30. The van der Waals surface area contributed by atoms with Crippen LogP contribution >= 0.6 is 0 Å². The van der Waals surface area contributed by atoms with Crippen molar-refractivity contribution in [2.75, 3.05) is 0 Å². The van der Waals surface area contributed by atoms with Gasteiger partial charge in [-0.2, -0.15) is 0 Å². The van der Waals surface area contributed by atoms with Crippen molar-refractivity contribution < 1.29 is 14.6 Å².